The lowest BCUT2D eigenvalue weighted by molar-refractivity contribution is -0.124. The van der Waals surface area contributed by atoms with Crippen molar-refractivity contribution in [1.82, 2.24) is 14.6 Å². The van der Waals surface area contributed by atoms with Crippen LogP contribution in [0.2, 0.25) is 0 Å². The number of rotatable bonds is 7. The van der Waals surface area contributed by atoms with E-state index in [0.29, 0.717) is 44.9 Å². The van der Waals surface area contributed by atoms with Crippen LogP contribution in [0.4, 0.5) is 5.82 Å². The van der Waals surface area contributed by atoms with E-state index in [4.69, 9.17) is 9.47 Å². The van der Waals surface area contributed by atoms with Gasteiger partial charge in [-0.15, -0.1) is 0 Å². The molecule has 4 rings (SSSR count). The molecular weight excluding hydrogens is 420 g/mol. The Morgan fingerprint density at radius 1 is 1.29 bits per heavy atom. The molecule has 0 bridgehead atoms. The first kappa shape index (κ1) is 21.4. The lowest BCUT2D eigenvalue weighted by Gasteiger charge is -2.26. The van der Waals surface area contributed by atoms with Crippen molar-refractivity contribution in [1.29, 1.82) is 0 Å². The summed E-state index contributed by atoms with van der Waals surface area (Å²) in [5, 5.41) is 2.83. The molecule has 10 heteroatoms. The Labute approximate surface area is 183 Å². The summed E-state index contributed by atoms with van der Waals surface area (Å²) >= 11 is 0. The standard InChI is InChI=1S/C21H26N4O5S/c1-24-8-9-29-19-11-16(13-22-20(19)24)14-30-17-5-2-4-15(10-17)12-23-21(26)18-6-3-7-25(18)31(27)28/h2,4-5,10-11,13,18,31H,3,6-9,12,14H2,1H3,(H,23,26)/t18-/m0/s1. The number of carbonyl (C=O) groups excluding carboxylic acids is 1. The van der Waals surface area contributed by atoms with Crippen LogP contribution in [0.25, 0.3) is 0 Å². The summed E-state index contributed by atoms with van der Waals surface area (Å²) in [5.41, 5.74) is 1.77. The third-order valence-corrected chi connectivity index (χ3v) is 6.34. The summed E-state index contributed by atoms with van der Waals surface area (Å²) in [4.78, 5) is 18.9. The van der Waals surface area contributed by atoms with Crippen LogP contribution in [0.5, 0.6) is 11.5 Å². The predicted molar refractivity (Wildman–Crippen MR) is 116 cm³/mol. The number of benzene rings is 1. The van der Waals surface area contributed by atoms with Crippen molar-refractivity contribution < 1.29 is 22.7 Å². The number of hydrogen-bond acceptors (Lipinski definition) is 7. The Balaban J connectivity index is 1.33. The molecule has 9 nitrogen and oxygen atoms in total. The number of amides is 1. The van der Waals surface area contributed by atoms with Crippen LogP contribution in [0, 0.1) is 0 Å². The van der Waals surface area contributed by atoms with E-state index >= 15 is 0 Å². The second-order valence-corrected chi connectivity index (χ2v) is 8.64. The van der Waals surface area contributed by atoms with Crippen molar-refractivity contribution >= 4 is 22.6 Å². The van der Waals surface area contributed by atoms with Gasteiger partial charge in [0, 0.05) is 31.9 Å². The van der Waals surface area contributed by atoms with E-state index in [1.54, 1.807) is 6.20 Å². The molecule has 1 amide bonds. The molecule has 0 unspecified atom stereocenters. The third kappa shape index (κ3) is 5.08. The Hall–Kier alpha value is -2.85. The lowest BCUT2D eigenvalue weighted by atomic mass is 10.2. The smallest absolute Gasteiger partial charge is 0.238 e. The van der Waals surface area contributed by atoms with Crippen LogP contribution in [-0.4, -0.2) is 56.4 Å². The minimum atomic E-state index is -2.74. The van der Waals surface area contributed by atoms with Gasteiger partial charge in [0.1, 0.15) is 25.0 Å². The maximum Gasteiger partial charge on any atom is 0.238 e. The highest BCUT2D eigenvalue weighted by Gasteiger charge is 2.32. The van der Waals surface area contributed by atoms with E-state index in [9.17, 15) is 13.2 Å². The SMILES string of the molecule is CN1CCOc2cc(COc3cccc(CNC(=O)[C@@H]4CCCN4[SH](=O)=O)c3)cnc21. The maximum absolute atomic E-state index is 12.4. The van der Waals surface area contributed by atoms with Gasteiger partial charge in [0.15, 0.2) is 11.6 Å². The van der Waals surface area contributed by atoms with Crippen molar-refractivity contribution in [2.24, 2.45) is 0 Å². The van der Waals surface area contributed by atoms with E-state index < -0.39 is 16.9 Å². The van der Waals surface area contributed by atoms with E-state index in [2.05, 4.69) is 15.2 Å². The molecular formula is C21H26N4O5S. The summed E-state index contributed by atoms with van der Waals surface area (Å²) in [6.07, 6.45) is 3.03. The van der Waals surface area contributed by atoms with Crippen LogP contribution < -0.4 is 19.7 Å². The Bertz CT molecular complexity index is 1020. The molecule has 1 fully saturated rings. The second-order valence-electron chi connectivity index (χ2n) is 7.65. The minimum Gasteiger partial charge on any atom is -0.489 e. The number of ether oxygens (including phenoxy) is 2. The normalized spacial score (nSPS) is 18.5. The molecule has 1 atom stereocenters. The maximum atomic E-state index is 12.4. The number of thiol groups is 1. The molecule has 0 spiro atoms. The highest BCUT2D eigenvalue weighted by molar-refractivity contribution is 7.69. The molecule has 1 saturated heterocycles. The fraction of sp³-hybridized carbons (Fsp3) is 0.429. The second kappa shape index (κ2) is 9.52. The fourth-order valence-corrected chi connectivity index (χ4v) is 4.53. The van der Waals surface area contributed by atoms with Gasteiger partial charge in [0.05, 0.1) is 6.54 Å². The largest absolute Gasteiger partial charge is 0.489 e. The number of anilines is 1. The summed E-state index contributed by atoms with van der Waals surface area (Å²) in [5.74, 6) is 1.99. The zero-order chi connectivity index (χ0) is 21.8. The first-order chi connectivity index (χ1) is 15.0. The van der Waals surface area contributed by atoms with E-state index in [1.807, 2.05) is 37.4 Å². The monoisotopic (exact) mass is 446 g/mol. The van der Waals surface area contributed by atoms with E-state index in [1.165, 1.54) is 4.31 Å². The molecule has 0 radical (unpaired) electrons. The van der Waals surface area contributed by atoms with Crippen LogP contribution in [0.15, 0.2) is 36.5 Å². The first-order valence-electron chi connectivity index (χ1n) is 10.2. The van der Waals surface area contributed by atoms with E-state index in [0.717, 1.165) is 29.2 Å². The average molecular weight is 447 g/mol. The van der Waals surface area contributed by atoms with Gasteiger partial charge in [-0.05, 0) is 36.6 Å². The van der Waals surface area contributed by atoms with Gasteiger partial charge in [0.2, 0.25) is 16.8 Å². The van der Waals surface area contributed by atoms with Gasteiger partial charge in [-0.1, -0.05) is 12.1 Å². The fourth-order valence-electron chi connectivity index (χ4n) is 3.78. The molecule has 166 valence electrons. The highest BCUT2D eigenvalue weighted by atomic mass is 32.2. The summed E-state index contributed by atoms with van der Waals surface area (Å²) in [7, 11) is -0.755. The van der Waals surface area contributed by atoms with Crippen molar-refractivity contribution in [3.63, 3.8) is 0 Å². The van der Waals surface area contributed by atoms with Crippen LogP contribution >= 0.6 is 0 Å². The van der Waals surface area contributed by atoms with Crippen molar-refractivity contribution in [2.45, 2.75) is 32.0 Å². The van der Waals surface area contributed by atoms with Gasteiger partial charge in [-0.2, -0.15) is 4.31 Å². The zero-order valence-corrected chi connectivity index (χ0v) is 18.2. The molecule has 1 aromatic carbocycles. The molecule has 31 heavy (non-hydrogen) atoms. The Morgan fingerprint density at radius 2 is 2.16 bits per heavy atom. The number of nitrogens with one attached hydrogen (secondary N) is 1. The first-order valence-corrected chi connectivity index (χ1v) is 11.4. The molecule has 3 heterocycles. The van der Waals surface area contributed by atoms with Gasteiger partial charge in [-0.25, -0.2) is 13.4 Å². The molecule has 1 N–H and O–H groups in total. The van der Waals surface area contributed by atoms with Gasteiger partial charge >= 0.3 is 0 Å². The minimum absolute atomic E-state index is 0.270. The molecule has 2 aliphatic heterocycles. The number of aromatic nitrogens is 1. The number of pyridine rings is 1. The summed E-state index contributed by atoms with van der Waals surface area (Å²) in [6, 6.07) is 8.78. The lowest BCUT2D eigenvalue weighted by Crippen LogP contribution is -2.42. The van der Waals surface area contributed by atoms with Gasteiger partial charge in [-0.3, -0.25) is 4.79 Å². The predicted octanol–water partition coefficient (Wildman–Crippen LogP) is 1.10. The van der Waals surface area contributed by atoms with Crippen LogP contribution in [0.1, 0.15) is 24.0 Å². The molecule has 1 aromatic heterocycles. The Kier molecular flexibility index (Phi) is 6.57. The zero-order valence-electron chi connectivity index (χ0n) is 17.3. The molecule has 2 aliphatic rings. The number of nitrogens with zero attached hydrogens (tertiary/aromatic N) is 3. The molecule has 0 saturated carbocycles. The summed E-state index contributed by atoms with van der Waals surface area (Å²) in [6.45, 7) is 2.49. The van der Waals surface area contributed by atoms with Crippen LogP contribution in [0.3, 0.4) is 0 Å². The van der Waals surface area contributed by atoms with Gasteiger partial charge in [0.25, 0.3) is 0 Å². The van der Waals surface area contributed by atoms with E-state index in [-0.39, 0.29) is 5.91 Å². The molecule has 0 aliphatic carbocycles. The topological polar surface area (TPSA) is 101 Å². The van der Waals surface area contributed by atoms with Crippen molar-refractivity contribution in [3.8, 4) is 11.5 Å². The number of carbonyl (C=O) groups is 1. The number of fused-ring (bicyclic) bond motifs is 1. The Morgan fingerprint density at radius 3 is 3.00 bits per heavy atom. The van der Waals surface area contributed by atoms with Crippen molar-refractivity contribution in [3.05, 3.63) is 47.7 Å². The summed E-state index contributed by atoms with van der Waals surface area (Å²) < 4.78 is 35.4. The average Bonchev–Trinajstić information content (AvgIpc) is 3.27. The molecule has 2 aromatic rings. The third-order valence-electron chi connectivity index (χ3n) is 5.44. The van der Waals surface area contributed by atoms with Crippen molar-refractivity contribution in [2.75, 3.05) is 31.6 Å². The number of likely N-dealkylation sites (N-methyl/N-ethyl adjacent to an activating group) is 1. The quantitative estimate of drug-likeness (QED) is 0.614. The van der Waals surface area contributed by atoms with Crippen LogP contribution in [-0.2, 0) is 28.8 Å². The highest BCUT2D eigenvalue weighted by Crippen LogP contribution is 2.29. The van der Waals surface area contributed by atoms with Gasteiger partial charge < -0.3 is 19.7 Å². The number of hydrogen-bond donors (Lipinski definition) is 2.